The topological polar surface area (TPSA) is 84.8 Å². The predicted octanol–water partition coefficient (Wildman–Crippen LogP) is 2.34. The molecule has 1 aliphatic rings. The van der Waals surface area contributed by atoms with Crippen LogP contribution in [0.25, 0.3) is 11.4 Å². The van der Waals surface area contributed by atoms with E-state index in [-0.39, 0.29) is 11.2 Å². The Hall–Kier alpha value is -2.02. The Balaban J connectivity index is 1.79. The largest absolute Gasteiger partial charge is 0.369 e. The van der Waals surface area contributed by atoms with E-state index in [1.807, 2.05) is 18.2 Å². The van der Waals surface area contributed by atoms with Crippen LogP contribution in [0.4, 0.5) is 5.82 Å². The Labute approximate surface area is 142 Å². The summed E-state index contributed by atoms with van der Waals surface area (Å²) in [5, 5.41) is 3.32. The van der Waals surface area contributed by atoms with Crippen molar-refractivity contribution in [1.29, 1.82) is 0 Å². The fraction of sp³-hybridized carbons (Fsp3) is 0.471. The minimum Gasteiger partial charge on any atom is -0.369 e. The van der Waals surface area contributed by atoms with Gasteiger partial charge in [-0.2, -0.15) is 0 Å². The maximum absolute atomic E-state index is 11.6. The zero-order chi connectivity index (χ0) is 17.2. The van der Waals surface area contributed by atoms with Gasteiger partial charge >= 0.3 is 0 Å². The van der Waals surface area contributed by atoms with Crippen molar-refractivity contribution in [2.24, 2.45) is 5.41 Å². The highest BCUT2D eigenvalue weighted by Crippen LogP contribution is 2.46. The molecule has 1 aliphatic carbocycles. The summed E-state index contributed by atoms with van der Waals surface area (Å²) in [6.07, 6.45) is 7.43. The Bertz CT molecular complexity index is 818. The number of aryl methyl sites for hydroxylation is 1. The van der Waals surface area contributed by atoms with Crippen molar-refractivity contribution in [3.8, 4) is 11.4 Å². The highest BCUT2D eigenvalue weighted by Gasteiger charge is 2.45. The SMILES string of the molecule is CCc1cc(NCC2(CS(C)(=O)=O)CC2)nc(-c2ccncc2)n1. The number of hydrogen-bond acceptors (Lipinski definition) is 6. The third-order valence-corrected chi connectivity index (χ3v) is 5.39. The third kappa shape index (κ3) is 4.29. The lowest BCUT2D eigenvalue weighted by molar-refractivity contribution is 0.560. The molecule has 0 atom stereocenters. The Morgan fingerprint density at radius 2 is 1.92 bits per heavy atom. The highest BCUT2D eigenvalue weighted by molar-refractivity contribution is 7.90. The van der Waals surface area contributed by atoms with Crippen LogP contribution in [0.2, 0.25) is 0 Å². The third-order valence-electron chi connectivity index (χ3n) is 4.25. The number of rotatable bonds is 7. The normalized spacial score (nSPS) is 15.9. The summed E-state index contributed by atoms with van der Waals surface area (Å²) in [5.74, 6) is 1.64. The molecule has 0 radical (unpaired) electrons. The minimum absolute atomic E-state index is 0.137. The summed E-state index contributed by atoms with van der Waals surface area (Å²) in [7, 11) is -2.97. The van der Waals surface area contributed by atoms with Gasteiger partial charge in [-0.05, 0) is 31.4 Å². The number of sulfone groups is 1. The second kappa shape index (κ2) is 6.47. The first-order valence-electron chi connectivity index (χ1n) is 8.09. The molecule has 0 unspecified atom stereocenters. The molecule has 2 aromatic rings. The predicted molar refractivity (Wildman–Crippen MR) is 94.5 cm³/mol. The first-order chi connectivity index (χ1) is 11.4. The van der Waals surface area contributed by atoms with Gasteiger partial charge in [-0.25, -0.2) is 18.4 Å². The molecule has 1 N–H and O–H groups in total. The number of nitrogens with zero attached hydrogens (tertiary/aromatic N) is 3. The second-order valence-electron chi connectivity index (χ2n) is 6.58. The van der Waals surface area contributed by atoms with Gasteiger partial charge < -0.3 is 5.32 Å². The lowest BCUT2D eigenvalue weighted by Gasteiger charge is -2.16. The van der Waals surface area contributed by atoms with E-state index < -0.39 is 9.84 Å². The van der Waals surface area contributed by atoms with Crippen molar-refractivity contribution >= 4 is 15.7 Å². The summed E-state index contributed by atoms with van der Waals surface area (Å²) >= 11 is 0. The van der Waals surface area contributed by atoms with Crippen LogP contribution in [0.3, 0.4) is 0 Å². The molecule has 2 aromatic heterocycles. The first kappa shape index (κ1) is 16.8. The average Bonchev–Trinajstić information content (AvgIpc) is 3.31. The summed E-state index contributed by atoms with van der Waals surface area (Å²) < 4.78 is 23.2. The van der Waals surface area contributed by atoms with Crippen molar-refractivity contribution in [3.05, 3.63) is 36.3 Å². The Morgan fingerprint density at radius 3 is 2.50 bits per heavy atom. The van der Waals surface area contributed by atoms with Gasteiger partial charge in [-0.3, -0.25) is 4.98 Å². The van der Waals surface area contributed by atoms with Crippen molar-refractivity contribution in [1.82, 2.24) is 15.0 Å². The molecule has 0 spiro atoms. The molecule has 2 heterocycles. The molecular formula is C17H22N4O2S. The van der Waals surface area contributed by atoms with Gasteiger partial charge in [0.05, 0.1) is 5.75 Å². The van der Waals surface area contributed by atoms with Crippen LogP contribution < -0.4 is 5.32 Å². The van der Waals surface area contributed by atoms with E-state index in [1.54, 1.807) is 12.4 Å². The minimum atomic E-state index is -2.97. The number of pyridine rings is 1. The Kier molecular flexibility index (Phi) is 4.54. The van der Waals surface area contributed by atoms with Crippen molar-refractivity contribution in [2.75, 3.05) is 23.9 Å². The average molecular weight is 346 g/mol. The van der Waals surface area contributed by atoms with E-state index in [4.69, 9.17) is 0 Å². The van der Waals surface area contributed by atoms with Crippen molar-refractivity contribution in [3.63, 3.8) is 0 Å². The van der Waals surface area contributed by atoms with E-state index in [1.165, 1.54) is 6.26 Å². The zero-order valence-electron chi connectivity index (χ0n) is 14.0. The quantitative estimate of drug-likeness (QED) is 0.828. The van der Waals surface area contributed by atoms with E-state index in [0.717, 1.165) is 36.3 Å². The molecule has 1 fully saturated rings. The standard InChI is InChI=1S/C17H22N4O2S/c1-3-14-10-15(19-11-17(6-7-17)12-24(2,22)23)21-16(20-14)13-4-8-18-9-5-13/h4-5,8-10H,3,6-7,11-12H2,1-2H3,(H,19,20,21). The molecule has 3 rings (SSSR count). The Morgan fingerprint density at radius 1 is 1.21 bits per heavy atom. The molecule has 1 saturated carbocycles. The van der Waals surface area contributed by atoms with Crippen LogP contribution in [0, 0.1) is 5.41 Å². The van der Waals surface area contributed by atoms with Crippen molar-refractivity contribution < 1.29 is 8.42 Å². The molecule has 24 heavy (non-hydrogen) atoms. The molecule has 7 heteroatoms. The van der Waals surface area contributed by atoms with Crippen LogP contribution in [-0.4, -0.2) is 41.9 Å². The van der Waals surface area contributed by atoms with Gasteiger partial charge in [-0.15, -0.1) is 0 Å². The summed E-state index contributed by atoms with van der Waals surface area (Å²) in [5.41, 5.74) is 1.73. The molecule has 0 aliphatic heterocycles. The second-order valence-corrected chi connectivity index (χ2v) is 8.72. The fourth-order valence-electron chi connectivity index (χ4n) is 2.78. The van der Waals surface area contributed by atoms with E-state index in [9.17, 15) is 8.42 Å². The molecule has 0 bridgehead atoms. The molecule has 6 nitrogen and oxygen atoms in total. The fourth-order valence-corrected chi connectivity index (χ4v) is 4.29. The van der Waals surface area contributed by atoms with E-state index in [0.29, 0.717) is 12.4 Å². The van der Waals surface area contributed by atoms with E-state index >= 15 is 0 Å². The molecular weight excluding hydrogens is 324 g/mol. The maximum atomic E-state index is 11.6. The first-order valence-corrected chi connectivity index (χ1v) is 10.2. The smallest absolute Gasteiger partial charge is 0.161 e. The molecule has 0 aromatic carbocycles. The number of nitrogens with one attached hydrogen (secondary N) is 1. The number of aromatic nitrogens is 3. The van der Waals surface area contributed by atoms with Crippen LogP contribution in [0.15, 0.2) is 30.6 Å². The number of anilines is 1. The zero-order valence-corrected chi connectivity index (χ0v) is 14.8. The van der Waals surface area contributed by atoms with Gasteiger partial charge in [-0.1, -0.05) is 6.92 Å². The van der Waals surface area contributed by atoms with Gasteiger partial charge in [0.2, 0.25) is 0 Å². The highest BCUT2D eigenvalue weighted by atomic mass is 32.2. The maximum Gasteiger partial charge on any atom is 0.161 e. The summed E-state index contributed by atoms with van der Waals surface area (Å²) in [4.78, 5) is 13.2. The summed E-state index contributed by atoms with van der Waals surface area (Å²) in [6, 6.07) is 5.69. The summed E-state index contributed by atoms with van der Waals surface area (Å²) in [6.45, 7) is 2.67. The lowest BCUT2D eigenvalue weighted by atomic mass is 10.1. The molecule has 0 saturated heterocycles. The lowest BCUT2D eigenvalue weighted by Crippen LogP contribution is -2.24. The van der Waals surface area contributed by atoms with Crippen LogP contribution in [0.5, 0.6) is 0 Å². The van der Waals surface area contributed by atoms with Gasteiger partial charge in [0, 0.05) is 47.9 Å². The van der Waals surface area contributed by atoms with Crippen LogP contribution in [-0.2, 0) is 16.3 Å². The van der Waals surface area contributed by atoms with E-state index in [2.05, 4.69) is 27.2 Å². The van der Waals surface area contributed by atoms with Gasteiger partial charge in [0.25, 0.3) is 0 Å². The molecule has 0 amide bonds. The van der Waals surface area contributed by atoms with Crippen LogP contribution >= 0.6 is 0 Å². The van der Waals surface area contributed by atoms with Gasteiger partial charge in [0.1, 0.15) is 15.7 Å². The molecule has 128 valence electrons. The van der Waals surface area contributed by atoms with Crippen LogP contribution in [0.1, 0.15) is 25.5 Å². The number of hydrogen-bond donors (Lipinski definition) is 1. The van der Waals surface area contributed by atoms with Crippen molar-refractivity contribution in [2.45, 2.75) is 26.2 Å². The van der Waals surface area contributed by atoms with Gasteiger partial charge in [0.15, 0.2) is 5.82 Å². The monoisotopic (exact) mass is 346 g/mol.